The van der Waals surface area contributed by atoms with Crippen molar-refractivity contribution in [3.63, 3.8) is 0 Å². The highest BCUT2D eigenvalue weighted by atomic mass is 32.2. The molecule has 0 bridgehead atoms. The molecule has 1 heterocycles. The maximum Gasteiger partial charge on any atom is 0.279 e. The molecule has 2 unspecified atom stereocenters. The average molecular weight is 333 g/mol. The van der Waals surface area contributed by atoms with Gasteiger partial charge in [0, 0.05) is 44.3 Å². The fourth-order valence-corrected chi connectivity index (χ4v) is 5.22. The molecule has 2 aliphatic rings. The Hall–Kier alpha value is -0.210. The largest absolute Gasteiger partial charge is 0.308 e. The van der Waals surface area contributed by atoms with Crippen LogP contribution in [0.3, 0.4) is 0 Å². The van der Waals surface area contributed by atoms with Gasteiger partial charge in [-0.1, -0.05) is 12.8 Å². The van der Waals surface area contributed by atoms with Gasteiger partial charge in [0.2, 0.25) is 0 Å². The van der Waals surface area contributed by atoms with Crippen molar-refractivity contribution in [3.8, 4) is 0 Å². The smallest absolute Gasteiger partial charge is 0.279 e. The molecule has 1 aliphatic heterocycles. The van der Waals surface area contributed by atoms with E-state index in [0.717, 1.165) is 38.8 Å². The van der Waals surface area contributed by atoms with E-state index in [-0.39, 0.29) is 18.1 Å². The summed E-state index contributed by atoms with van der Waals surface area (Å²) >= 11 is 0. The molecule has 1 saturated carbocycles. The van der Waals surface area contributed by atoms with Crippen LogP contribution in [0.4, 0.5) is 0 Å². The fourth-order valence-electron chi connectivity index (χ4n) is 3.59. The highest BCUT2D eigenvalue weighted by Crippen LogP contribution is 2.21. The summed E-state index contributed by atoms with van der Waals surface area (Å²) in [5.41, 5.74) is 0. The standard InChI is InChI=1S/C15H32N4O2S/c1-13-11-18(12-14(2)19(13)10-9-17(3)4)22(20,21)16-15-7-5-6-8-15/h13-16H,5-12H2,1-4H3. The number of nitrogens with zero attached hydrogens (tertiary/aromatic N) is 3. The van der Waals surface area contributed by atoms with Crippen molar-refractivity contribution in [1.29, 1.82) is 0 Å². The van der Waals surface area contributed by atoms with Crippen molar-refractivity contribution >= 4 is 10.2 Å². The van der Waals surface area contributed by atoms with Crippen molar-refractivity contribution in [2.75, 3.05) is 40.3 Å². The Bertz CT molecular complexity index is 436. The molecule has 1 N–H and O–H groups in total. The van der Waals surface area contributed by atoms with Gasteiger partial charge in [0.25, 0.3) is 10.2 Å². The minimum absolute atomic E-state index is 0.141. The van der Waals surface area contributed by atoms with Crippen LogP contribution in [0.25, 0.3) is 0 Å². The highest BCUT2D eigenvalue weighted by molar-refractivity contribution is 7.87. The molecule has 1 saturated heterocycles. The number of hydrogen-bond donors (Lipinski definition) is 1. The second kappa shape index (κ2) is 7.57. The molecule has 0 aromatic heterocycles. The van der Waals surface area contributed by atoms with E-state index < -0.39 is 10.2 Å². The van der Waals surface area contributed by atoms with Crippen LogP contribution >= 0.6 is 0 Å². The van der Waals surface area contributed by atoms with Gasteiger partial charge in [0.15, 0.2) is 0 Å². The van der Waals surface area contributed by atoms with E-state index in [1.807, 2.05) is 0 Å². The molecular weight excluding hydrogens is 300 g/mol. The lowest BCUT2D eigenvalue weighted by atomic mass is 10.1. The van der Waals surface area contributed by atoms with Gasteiger partial charge in [-0.15, -0.1) is 0 Å². The van der Waals surface area contributed by atoms with Crippen molar-refractivity contribution in [2.24, 2.45) is 0 Å². The van der Waals surface area contributed by atoms with Crippen molar-refractivity contribution in [2.45, 2.75) is 57.7 Å². The van der Waals surface area contributed by atoms with Gasteiger partial charge < -0.3 is 4.90 Å². The van der Waals surface area contributed by atoms with E-state index >= 15 is 0 Å². The Morgan fingerprint density at radius 1 is 1.09 bits per heavy atom. The van der Waals surface area contributed by atoms with Gasteiger partial charge in [-0.25, -0.2) is 0 Å². The molecule has 0 aromatic carbocycles. The van der Waals surface area contributed by atoms with Gasteiger partial charge >= 0.3 is 0 Å². The zero-order valence-corrected chi connectivity index (χ0v) is 15.3. The van der Waals surface area contributed by atoms with Gasteiger partial charge in [0.1, 0.15) is 0 Å². The SMILES string of the molecule is CC1CN(S(=O)(=O)NC2CCCC2)CC(C)N1CCN(C)C. The van der Waals surface area contributed by atoms with Gasteiger partial charge in [-0.3, -0.25) is 4.90 Å². The first-order valence-electron chi connectivity index (χ1n) is 8.47. The minimum Gasteiger partial charge on any atom is -0.308 e. The average Bonchev–Trinajstić information content (AvgIpc) is 2.89. The van der Waals surface area contributed by atoms with Crippen LogP contribution in [0.1, 0.15) is 39.5 Å². The maximum atomic E-state index is 12.6. The summed E-state index contributed by atoms with van der Waals surface area (Å²) in [6, 6.07) is 0.648. The molecule has 0 aromatic rings. The topological polar surface area (TPSA) is 55.9 Å². The molecule has 0 radical (unpaired) electrons. The molecule has 2 rings (SSSR count). The van der Waals surface area contributed by atoms with Gasteiger partial charge in [-0.2, -0.15) is 17.4 Å². The van der Waals surface area contributed by atoms with Crippen LogP contribution in [-0.2, 0) is 10.2 Å². The van der Waals surface area contributed by atoms with E-state index in [1.54, 1.807) is 4.31 Å². The van der Waals surface area contributed by atoms with Crippen molar-refractivity contribution < 1.29 is 8.42 Å². The predicted molar refractivity (Wildman–Crippen MR) is 90.1 cm³/mol. The maximum absolute atomic E-state index is 12.6. The normalized spacial score (nSPS) is 29.5. The quantitative estimate of drug-likeness (QED) is 0.779. The predicted octanol–water partition coefficient (Wildman–Crippen LogP) is 0.720. The molecule has 2 atom stereocenters. The summed E-state index contributed by atoms with van der Waals surface area (Å²) in [4.78, 5) is 4.59. The molecule has 0 amide bonds. The number of nitrogens with one attached hydrogen (secondary N) is 1. The minimum atomic E-state index is -3.34. The number of piperazine rings is 1. The van der Waals surface area contributed by atoms with E-state index in [1.165, 1.54) is 0 Å². The Kier molecular flexibility index (Phi) is 6.24. The first kappa shape index (κ1) is 18.1. The molecule has 130 valence electrons. The van der Waals surface area contributed by atoms with E-state index in [9.17, 15) is 8.42 Å². The molecule has 22 heavy (non-hydrogen) atoms. The zero-order valence-electron chi connectivity index (χ0n) is 14.5. The Balaban J connectivity index is 1.94. The van der Waals surface area contributed by atoms with Crippen molar-refractivity contribution in [3.05, 3.63) is 0 Å². The summed E-state index contributed by atoms with van der Waals surface area (Å²) in [5, 5.41) is 0. The Morgan fingerprint density at radius 3 is 2.14 bits per heavy atom. The number of likely N-dealkylation sites (N-methyl/N-ethyl adjacent to an activating group) is 1. The lowest BCUT2D eigenvalue weighted by molar-refractivity contribution is 0.0701. The molecule has 7 heteroatoms. The van der Waals surface area contributed by atoms with Crippen LogP contribution in [0.2, 0.25) is 0 Å². The van der Waals surface area contributed by atoms with Crippen LogP contribution < -0.4 is 4.72 Å². The summed E-state index contributed by atoms with van der Waals surface area (Å²) in [6.07, 6.45) is 4.23. The first-order valence-corrected chi connectivity index (χ1v) is 9.91. The Morgan fingerprint density at radius 2 is 1.64 bits per heavy atom. The molecule has 6 nitrogen and oxygen atoms in total. The van der Waals surface area contributed by atoms with Crippen LogP contribution in [0, 0.1) is 0 Å². The lowest BCUT2D eigenvalue weighted by Crippen LogP contribution is -2.61. The highest BCUT2D eigenvalue weighted by Gasteiger charge is 2.36. The van der Waals surface area contributed by atoms with Crippen LogP contribution in [0.5, 0.6) is 0 Å². The van der Waals surface area contributed by atoms with E-state index in [0.29, 0.717) is 13.1 Å². The molecular formula is C15H32N4O2S. The van der Waals surface area contributed by atoms with Crippen LogP contribution in [-0.4, -0.2) is 80.9 Å². The summed E-state index contributed by atoms with van der Waals surface area (Å²) in [7, 11) is 0.801. The van der Waals surface area contributed by atoms with E-state index in [4.69, 9.17) is 0 Å². The summed E-state index contributed by atoms with van der Waals surface area (Å²) in [6.45, 7) is 7.41. The fraction of sp³-hybridized carbons (Fsp3) is 1.00. The lowest BCUT2D eigenvalue weighted by Gasteiger charge is -2.44. The summed E-state index contributed by atoms with van der Waals surface area (Å²) < 4.78 is 29.7. The number of hydrogen-bond acceptors (Lipinski definition) is 4. The third-order valence-electron chi connectivity index (χ3n) is 4.88. The van der Waals surface area contributed by atoms with Gasteiger partial charge in [-0.05, 0) is 40.8 Å². The molecule has 1 aliphatic carbocycles. The molecule has 2 fully saturated rings. The summed E-state index contributed by atoms with van der Waals surface area (Å²) in [5.74, 6) is 0. The Labute approximate surface area is 136 Å². The van der Waals surface area contributed by atoms with Crippen LogP contribution in [0.15, 0.2) is 0 Å². The second-order valence-corrected chi connectivity index (χ2v) is 8.86. The molecule has 0 spiro atoms. The van der Waals surface area contributed by atoms with Gasteiger partial charge in [0.05, 0.1) is 0 Å². The third kappa shape index (κ3) is 4.64. The second-order valence-electron chi connectivity index (χ2n) is 7.16. The monoisotopic (exact) mass is 332 g/mol. The zero-order chi connectivity index (χ0) is 16.3. The van der Waals surface area contributed by atoms with E-state index in [2.05, 4.69) is 42.5 Å². The third-order valence-corrected chi connectivity index (χ3v) is 6.49. The first-order chi connectivity index (χ1) is 10.3. The van der Waals surface area contributed by atoms with Crippen molar-refractivity contribution in [1.82, 2.24) is 18.8 Å². The number of rotatable bonds is 6.